The van der Waals surface area contributed by atoms with Gasteiger partial charge < -0.3 is 15.7 Å². The minimum Gasteiger partial charge on any atom is -0.387 e. The van der Waals surface area contributed by atoms with E-state index in [1.807, 2.05) is 0 Å². The third-order valence-electron chi connectivity index (χ3n) is 4.43. The Kier molecular flexibility index (Phi) is 4.69. The first-order chi connectivity index (χ1) is 11.9. The van der Waals surface area contributed by atoms with Gasteiger partial charge >= 0.3 is 0 Å². The zero-order chi connectivity index (χ0) is 18.0. The summed E-state index contributed by atoms with van der Waals surface area (Å²) in [6, 6.07) is 7.11. The number of nitrogens with zero attached hydrogens (tertiary/aromatic N) is 1. The molecular formula is C18H20FN3O3. The maximum Gasteiger partial charge on any atom is 0.268 e. The highest BCUT2D eigenvalue weighted by Gasteiger charge is 2.31. The summed E-state index contributed by atoms with van der Waals surface area (Å²) < 4.78 is 14.4. The summed E-state index contributed by atoms with van der Waals surface area (Å²) in [7, 11) is 0. The molecule has 7 heteroatoms. The Morgan fingerprint density at radius 1 is 1.36 bits per heavy atom. The van der Waals surface area contributed by atoms with Crippen LogP contribution in [-0.4, -0.2) is 40.8 Å². The second-order valence-corrected chi connectivity index (χ2v) is 6.36. The lowest BCUT2D eigenvalue weighted by molar-refractivity contribution is 0.0561. The molecule has 6 nitrogen and oxygen atoms in total. The smallest absolute Gasteiger partial charge is 0.268 e. The SMILES string of the molecule is Cc1ccn(-c2ccc(F)cc2)c(=O)c1C(=O)NCC1(O)CCNC1. The molecule has 1 aromatic carbocycles. The number of hydrogen-bond donors (Lipinski definition) is 3. The molecule has 1 aromatic heterocycles. The Balaban J connectivity index is 1.88. The van der Waals surface area contributed by atoms with Gasteiger partial charge in [-0.05, 0) is 55.8 Å². The molecule has 0 bridgehead atoms. The summed E-state index contributed by atoms with van der Waals surface area (Å²) in [4.78, 5) is 25.2. The fraction of sp³-hybridized carbons (Fsp3) is 0.333. The first kappa shape index (κ1) is 17.3. The lowest BCUT2D eigenvalue weighted by atomic mass is 10.0. The number of benzene rings is 1. The lowest BCUT2D eigenvalue weighted by Crippen LogP contribution is -2.45. The number of aromatic nitrogens is 1. The number of amides is 1. The van der Waals surface area contributed by atoms with E-state index >= 15 is 0 Å². The van der Waals surface area contributed by atoms with Crippen molar-refractivity contribution in [2.75, 3.05) is 19.6 Å². The van der Waals surface area contributed by atoms with Crippen molar-refractivity contribution in [2.45, 2.75) is 18.9 Å². The topological polar surface area (TPSA) is 83.4 Å². The molecule has 1 amide bonds. The number of carbonyl (C=O) groups excluding carboxylic acids is 1. The molecule has 3 rings (SSSR count). The summed E-state index contributed by atoms with van der Waals surface area (Å²) in [5.74, 6) is -0.931. The van der Waals surface area contributed by atoms with Gasteiger partial charge in [0.2, 0.25) is 0 Å². The van der Waals surface area contributed by atoms with Gasteiger partial charge in [-0.1, -0.05) is 0 Å². The Morgan fingerprint density at radius 3 is 2.72 bits per heavy atom. The summed E-state index contributed by atoms with van der Waals surface area (Å²) >= 11 is 0. The Bertz CT molecular complexity index is 840. The van der Waals surface area contributed by atoms with E-state index in [2.05, 4.69) is 10.6 Å². The minimum atomic E-state index is -0.992. The van der Waals surface area contributed by atoms with Gasteiger partial charge in [-0.15, -0.1) is 0 Å². The first-order valence-electron chi connectivity index (χ1n) is 8.09. The predicted molar refractivity (Wildman–Crippen MR) is 91.5 cm³/mol. The van der Waals surface area contributed by atoms with Crippen molar-refractivity contribution in [1.29, 1.82) is 0 Å². The van der Waals surface area contributed by atoms with E-state index in [9.17, 15) is 19.1 Å². The second kappa shape index (κ2) is 6.78. The summed E-state index contributed by atoms with van der Waals surface area (Å²) in [6.07, 6.45) is 2.09. The molecule has 2 heterocycles. The maximum absolute atomic E-state index is 13.1. The monoisotopic (exact) mass is 345 g/mol. The van der Waals surface area contributed by atoms with Crippen LogP contribution in [0.3, 0.4) is 0 Å². The Labute approximate surface area is 144 Å². The van der Waals surface area contributed by atoms with E-state index in [1.54, 1.807) is 19.2 Å². The number of aryl methyl sites for hydroxylation is 1. The molecule has 2 aromatic rings. The predicted octanol–water partition coefficient (Wildman–Crippen LogP) is 0.739. The van der Waals surface area contributed by atoms with Crippen LogP contribution in [0, 0.1) is 12.7 Å². The van der Waals surface area contributed by atoms with Gasteiger partial charge in [0.15, 0.2) is 0 Å². The van der Waals surface area contributed by atoms with E-state index in [4.69, 9.17) is 0 Å². The van der Waals surface area contributed by atoms with E-state index < -0.39 is 22.9 Å². The van der Waals surface area contributed by atoms with Crippen molar-refractivity contribution >= 4 is 5.91 Å². The number of aliphatic hydroxyl groups is 1. The van der Waals surface area contributed by atoms with E-state index in [0.717, 1.165) is 0 Å². The van der Waals surface area contributed by atoms with Crippen LogP contribution < -0.4 is 16.2 Å². The van der Waals surface area contributed by atoms with E-state index in [-0.39, 0.29) is 12.1 Å². The van der Waals surface area contributed by atoms with Gasteiger partial charge in [0.25, 0.3) is 11.5 Å². The van der Waals surface area contributed by atoms with Crippen LogP contribution in [0.5, 0.6) is 0 Å². The number of β-amino-alcohol motifs (C(OH)–C–C–N with tert-alkyl or cyclic N) is 1. The van der Waals surface area contributed by atoms with Crippen molar-refractivity contribution in [3.63, 3.8) is 0 Å². The Hall–Kier alpha value is -2.51. The van der Waals surface area contributed by atoms with Crippen molar-refractivity contribution in [3.8, 4) is 5.69 Å². The van der Waals surface area contributed by atoms with Crippen molar-refractivity contribution in [3.05, 3.63) is 63.8 Å². The van der Waals surface area contributed by atoms with Crippen molar-refractivity contribution < 1.29 is 14.3 Å². The van der Waals surface area contributed by atoms with Crippen LogP contribution in [0.4, 0.5) is 4.39 Å². The molecule has 0 aliphatic carbocycles. The number of carbonyl (C=O) groups is 1. The highest BCUT2D eigenvalue weighted by molar-refractivity contribution is 5.95. The molecule has 0 spiro atoms. The molecular weight excluding hydrogens is 325 g/mol. The van der Waals surface area contributed by atoms with Gasteiger partial charge in [0.1, 0.15) is 11.4 Å². The molecule has 25 heavy (non-hydrogen) atoms. The largest absolute Gasteiger partial charge is 0.387 e. The normalized spacial score (nSPS) is 19.8. The van der Waals surface area contributed by atoms with E-state index in [1.165, 1.54) is 28.8 Å². The van der Waals surface area contributed by atoms with Crippen LogP contribution in [0.15, 0.2) is 41.3 Å². The van der Waals surface area contributed by atoms with Crippen LogP contribution in [0.1, 0.15) is 22.3 Å². The second-order valence-electron chi connectivity index (χ2n) is 6.36. The number of pyridine rings is 1. The molecule has 1 aliphatic heterocycles. The number of nitrogens with one attached hydrogen (secondary N) is 2. The fourth-order valence-corrected chi connectivity index (χ4v) is 2.92. The first-order valence-corrected chi connectivity index (χ1v) is 8.09. The highest BCUT2D eigenvalue weighted by Crippen LogP contribution is 2.13. The van der Waals surface area contributed by atoms with Crippen LogP contribution in [0.2, 0.25) is 0 Å². The van der Waals surface area contributed by atoms with Crippen LogP contribution in [-0.2, 0) is 0 Å². The zero-order valence-electron chi connectivity index (χ0n) is 13.9. The average Bonchev–Trinajstić information content (AvgIpc) is 3.01. The van der Waals surface area contributed by atoms with Crippen molar-refractivity contribution in [2.24, 2.45) is 0 Å². The molecule has 1 fully saturated rings. The van der Waals surface area contributed by atoms with Gasteiger partial charge in [0, 0.05) is 25.0 Å². The third kappa shape index (κ3) is 3.62. The molecule has 1 atom stereocenters. The fourth-order valence-electron chi connectivity index (χ4n) is 2.92. The standard InChI is InChI=1S/C18H20FN3O3/c1-12-6-9-22(14-4-2-13(19)3-5-14)17(24)15(12)16(23)21-11-18(25)7-8-20-10-18/h2-6,9,20,25H,7-8,10-11H2,1H3,(H,21,23). The van der Waals surface area contributed by atoms with Gasteiger partial charge in [-0.2, -0.15) is 0 Å². The number of rotatable bonds is 4. The molecule has 0 saturated carbocycles. The van der Waals surface area contributed by atoms with Crippen molar-refractivity contribution in [1.82, 2.24) is 15.2 Å². The summed E-state index contributed by atoms with van der Waals surface area (Å²) in [5.41, 5.74) is -0.451. The minimum absolute atomic E-state index is 0.0152. The maximum atomic E-state index is 13.1. The van der Waals surface area contributed by atoms with Gasteiger partial charge in [-0.3, -0.25) is 14.2 Å². The van der Waals surface area contributed by atoms with Gasteiger partial charge in [-0.25, -0.2) is 4.39 Å². The summed E-state index contributed by atoms with van der Waals surface area (Å²) in [6.45, 7) is 2.84. The molecule has 3 N–H and O–H groups in total. The Morgan fingerprint density at radius 2 is 2.08 bits per heavy atom. The molecule has 1 aliphatic rings. The van der Waals surface area contributed by atoms with Gasteiger partial charge in [0.05, 0.1) is 5.60 Å². The molecule has 1 unspecified atom stereocenters. The average molecular weight is 345 g/mol. The number of hydrogen-bond acceptors (Lipinski definition) is 4. The molecule has 0 radical (unpaired) electrons. The lowest BCUT2D eigenvalue weighted by Gasteiger charge is -2.21. The molecule has 1 saturated heterocycles. The highest BCUT2D eigenvalue weighted by atomic mass is 19.1. The van der Waals surface area contributed by atoms with Crippen LogP contribution >= 0.6 is 0 Å². The zero-order valence-corrected chi connectivity index (χ0v) is 13.9. The quantitative estimate of drug-likeness (QED) is 0.763. The number of halogens is 1. The third-order valence-corrected chi connectivity index (χ3v) is 4.43. The van der Waals surface area contributed by atoms with E-state index in [0.29, 0.717) is 30.8 Å². The molecule has 132 valence electrons. The summed E-state index contributed by atoms with van der Waals surface area (Å²) in [5, 5.41) is 16.0. The van der Waals surface area contributed by atoms with Crippen LogP contribution in [0.25, 0.3) is 5.69 Å².